The Morgan fingerprint density at radius 2 is 1.83 bits per heavy atom. The molecule has 4 aromatic rings. The van der Waals surface area contributed by atoms with Crippen molar-refractivity contribution in [3.05, 3.63) is 81.8 Å². The summed E-state index contributed by atoms with van der Waals surface area (Å²) in [6.45, 7) is 3.91. The van der Waals surface area contributed by atoms with Gasteiger partial charge in [-0.15, -0.1) is 0 Å². The van der Waals surface area contributed by atoms with Gasteiger partial charge in [0.2, 0.25) is 0 Å². The van der Waals surface area contributed by atoms with Crippen molar-refractivity contribution in [3.8, 4) is 11.5 Å². The van der Waals surface area contributed by atoms with Gasteiger partial charge in [-0.3, -0.25) is 9.48 Å². The van der Waals surface area contributed by atoms with Gasteiger partial charge in [-0.1, -0.05) is 35.9 Å². The van der Waals surface area contributed by atoms with Crippen molar-refractivity contribution in [1.29, 1.82) is 0 Å². The van der Waals surface area contributed by atoms with E-state index < -0.39 is 24.2 Å². The van der Waals surface area contributed by atoms with E-state index in [-0.39, 0.29) is 17.9 Å². The average Bonchev–Trinajstić information content (AvgIpc) is 3.49. The molecule has 2 unspecified atom stereocenters. The van der Waals surface area contributed by atoms with Gasteiger partial charge in [-0.25, -0.2) is 4.68 Å². The number of alkyl halides is 3. The van der Waals surface area contributed by atoms with E-state index in [1.807, 2.05) is 18.2 Å². The van der Waals surface area contributed by atoms with E-state index in [0.29, 0.717) is 45.7 Å². The number of fused-ring (bicyclic) bond motifs is 1. The average molecular weight is 589 g/mol. The van der Waals surface area contributed by atoms with Crippen LogP contribution in [0.3, 0.4) is 0 Å². The SMILES string of the molecule is COc1ccc(C2CC(C(F)(F)F)n3nc(C(=O)Nc4c(C)nn(Cc5ccccc5Cl)c4C)cc3N2)cc1OC. The molecular weight excluding hydrogens is 561 g/mol. The minimum Gasteiger partial charge on any atom is -0.493 e. The number of carbonyl (C=O) groups is 1. The summed E-state index contributed by atoms with van der Waals surface area (Å²) in [5, 5.41) is 15.0. The van der Waals surface area contributed by atoms with Crippen molar-refractivity contribution < 1.29 is 27.4 Å². The third-order valence-electron chi connectivity index (χ3n) is 7.13. The lowest BCUT2D eigenvalue weighted by Gasteiger charge is -2.33. The predicted molar refractivity (Wildman–Crippen MR) is 148 cm³/mol. The molecule has 0 saturated heterocycles. The minimum absolute atomic E-state index is 0.0753. The van der Waals surface area contributed by atoms with E-state index >= 15 is 0 Å². The first-order chi connectivity index (χ1) is 19.5. The zero-order chi connectivity index (χ0) is 29.5. The van der Waals surface area contributed by atoms with Crippen molar-refractivity contribution in [1.82, 2.24) is 19.6 Å². The van der Waals surface area contributed by atoms with Crippen LogP contribution in [0.25, 0.3) is 0 Å². The number of halogens is 4. The number of ether oxygens (including phenoxy) is 2. The van der Waals surface area contributed by atoms with E-state index in [1.165, 1.54) is 20.3 Å². The normalized spacial score (nSPS) is 16.6. The van der Waals surface area contributed by atoms with Gasteiger partial charge in [-0.05, 0) is 43.2 Å². The quantitative estimate of drug-likeness (QED) is 0.262. The van der Waals surface area contributed by atoms with Gasteiger partial charge in [-0.2, -0.15) is 23.4 Å². The number of rotatable bonds is 7. The lowest BCUT2D eigenvalue weighted by molar-refractivity contribution is -0.173. The number of nitrogens with one attached hydrogen (secondary N) is 2. The Morgan fingerprint density at radius 1 is 1.10 bits per heavy atom. The number of anilines is 2. The lowest BCUT2D eigenvalue weighted by atomic mass is 9.96. The fourth-order valence-electron chi connectivity index (χ4n) is 4.97. The van der Waals surface area contributed by atoms with Crippen LogP contribution in [0.15, 0.2) is 48.5 Å². The number of benzene rings is 2. The fourth-order valence-corrected chi connectivity index (χ4v) is 5.17. The number of nitrogens with zero attached hydrogens (tertiary/aromatic N) is 4. The largest absolute Gasteiger partial charge is 0.493 e. The maximum absolute atomic E-state index is 14.2. The Bertz CT molecular complexity index is 1600. The summed E-state index contributed by atoms with van der Waals surface area (Å²) >= 11 is 6.29. The van der Waals surface area contributed by atoms with Crippen LogP contribution in [0.4, 0.5) is 24.7 Å². The highest BCUT2D eigenvalue weighted by atomic mass is 35.5. The van der Waals surface area contributed by atoms with Crippen LogP contribution in [0.5, 0.6) is 11.5 Å². The topological polar surface area (TPSA) is 95.2 Å². The zero-order valence-corrected chi connectivity index (χ0v) is 23.5. The molecule has 1 aliphatic heterocycles. The van der Waals surface area contributed by atoms with Crippen LogP contribution in [-0.2, 0) is 6.54 Å². The summed E-state index contributed by atoms with van der Waals surface area (Å²) in [5.74, 6) is 0.284. The van der Waals surface area contributed by atoms with Crippen molar-refractivity contribution >= 4 is 29.0 Å². The molecule has 1 amide bonds. The highest BCUT2D eigenvalue weighted by Crippen LogP contribution is 2.44. The van der Waals surface area contributed by atoms with Gasteiger partial charge in [0.25, 0.3) is 5.91 Å². The molecule has 2 aromatic heterocycles. The number of methoxy groups -OCH3 is 2. The molecule has 5 rings (SSSR count). The van der Waals surface area contributed by atoms with Crippen LogP contribution >= 0.6 is 11.6 Å². The third-order valence-corrected chi connectivity index (χ3v) is 7.50. The number of amides is 1. The number of aryl methyl sites for hydroxylation is 1. The Labute approximate surface area is 239 Å². The van der Waals surface area contributed by atoms with Gasteiger partial charge in [0.05, 0.1) is 43.9 Å². The standard InChI is InChI=1S/C28H28ClF3N6O3/c1-15-26(16(2)37(35-15)14-18-7-5-6-8-19(18)29)34-27(39)21-13-25-33-20(12-24(28(30,31)32)38(25)36-21)17-9-10-22(40-3)23(11-17)41-4/h5-11,13,20,24,33H,12,14H2,1-4H3,(H,34,39). The van der Waals surface area contributed by atoms with Gasteiger partial charge >= 0.3 is 6.18 Å². The molecule has 9 nitrogen and oxygen atoms in total. The van der Waals surface area contributed by atoms with E-state index in [9.17, 15) is 18.0 Å². The van der Waals surface area contributed by atoms with Crippen LogP contribution < -0.4 is 20.1 Å². The van der Waals surface area contributed by atoms with Crippen LogP contribution in [0.2, 0.25) is 5.02 Å². The van der Waals surface area contributed by atoms with Crippen molar-refractivity contribution in [3.63, 3.8) is 0 Å². The Balaban J connectivity index is 1.41. The van der Waals surface area contributed by atoms with E-state index in [2.05, 4.69) is 20.8 Å². The Morgan fingerprint density at radius 3 is 2.51 bits per heavy atom. The van der Waals surface area contributed by atoms with E-state index in [0.717, 1.165) is 10.2 Å². The van der Waals surface area contributed by atoms with Gasteiger partial charge < -0.3 is 20.1 Å². The fraction of sp³-hybridized carbons (Fsp3) is 0.321. The summed E-state index contributed by atoms with van der Waals surface area (Å²) in [7, 11) is 2.94. The number of hydrogen-bond donors (Lipinski definition) is 2. The van der Waals surface area contributed by atoms with Crippen LogP contribution in [0, 0.1) is 13.8 Å². The van der Waals surface area contributed by atoms with Crippen LogP contribution in [-0.4, -0.2) is 45.9 Å². The number of carbonyl (C=O) groups excluding carboxylic acids is 1. The smallest absolute Gasteiger partial charge is 0.410 e. The second kappa shape index (κ2) is 11.0. The van der Waals surface area contributed by atoms with Gasteiger partial charge in [0.15, 0.2) is 23.2 Å². The molecule has 0 bridgehead atoms. The zero-order valence-electron chi connectivity index (χ0n) is 22.7. The Hall–Kier alpha value is -4.19. The van der Waals surface area contributed by atoms with E-state index in [4.69, 9.17) is 21.1 Å². The highest BCUT2D eigenvalue weighted by Gasteiger charge is 2.47. The second-order valence-corrected chi connectivity index (χ2v) is 10.1. The van der Waals surface area contributed by atoms with Crippen LogP contribution in [0.1, 0.15) is 51.5 Å². The van der Waals surface area contributed by atoms with Gasteiger partial charge in [0, 0.05) is 17.5 Å². The Kier molecular flexibility index (Phi) is 7.60. The molecule has 3 heterocycles. The maximum Gasteiger partial charge on any atom is 0.410 e. The molecule has 13 heteroatoms. The molecule has 0 fully saturated rings. The molecule has 2 aromatic carbocycles. The highest BCUT2D eigenvalue weighted by molar-refractivity contribution is 6.31. The molecule has 0 saturated carbocycles. The summed E-state index contributed by atoms with van der Waals surface area (Å²) < 4.78 is 55.7. The monoisotopic (exact) mass is 588 g/mol. The summed E-state index contributed by atoms with van der Waals surface area (Å²) in [6.07, 6.45) is -4.93. The van der Waals surface area contributed by atoms with E-state index in [1.54, 1.807) is 42.8 Å². The molecule has 2 atom stereocenters. The third kappa shape index (κ3) is 5.56. The molecule has 216 valence electrons. The molecule has 1 aliphatic rings. The first kappa shape index (κ1) is 28.3. The van der Waals surface area contributed by atoms with Crippen molar-refractivity contribution in [2.24, 2.45) is 0 Å². The minimum atomic E-state index is -4.60. The first-order valence-corrected chi connectivity index (χ1v) is 13.1. The molecule has 0 radical (unpaired) electrons. The summed E-state index contributed by atoms with van der Waals surface area (Å²) in [6, 6.07) is 11.0. The first-order valence-electron chi connectivity index (χ1n) is 12.7. The summed E-state index contributed by atoms with van der Waals surface area (Å²) in [4.78, 5) is 13.2. The molecular formula is C28H28ClF3N6O3. The van der Waals surface area contributed by atoms with Crippen molar-refractivity contribution in [2.45, 2.75) is 45.1 Å². The lowest BCUT2D eigenvalue weighted by Crippen LogP contribution is -2.35. The molecule has 2 N–H and O–H groups in total. The van der Waals surface area contributed by atoms with Crippen molar-refractivity contribution in [2.75, 3.05) is 24.9 Å². The summed E-state index contributed by atoms with van der Waals surface area (Å²) in [5.41, 5.74) is 2.94. The molecule has 0 aliphatic carbocycles. The second-order valence-electron chi connectivity index (χ2n) is 9.71. The maximum atomic E-state index is 14.2. The molecule has 0 spiro atoms. The predicted octanol–water partition coefficient (Wildman–Crippen LogP) is 6.33. The number of hydrogen-bond acceptors (Lipinski definition) is 6. The number of aromatic nitrogens is 4. The molecule has 41 heavy (non-hydrogen) atoms. The van der Waals surface area contributed by atoms with Gasteiger partial charge in [0.1, 0.15) is 5.82 Å².